The van der Waals surface area contributed by atoms with Crippen LogP contribution in [-0.4, -0.2) is 24.0 Å². The first-order chi connectivity index (χ1) is 13.2. The average molecular weight is 403 g/mol. The first-order valence-electron chi connectivity index (χ1n) is 8.24. The molecule has 0 spiro atoms. The zero-order valence-corrected chi connectivity index (χ0v) is 15.6. The summed E-state index contributed by atoms with van der Waals surface area (Å²) in [5, 5.41) is 12.6. The van der Waals surface area contributed by atoms with Crippen LogP contribution in [0.3, 0.4) is 0 Å². The van der Waals surface area contributed by atoms with Crippen molar-refractivity contribution in [2.45, 2.75) is 24.8 Å². The maximum atomic E-state index is 12.1. The number of benzene rings is 2. The molecule has 0 fully saturated rings. The standard InChI is InChI=1S/C19H17NO7S/c1-11-14-7-6-13(8-16(14)27-19(23)15(11)9-18(21)22)20-10-12-4-2-3-5-17(12)28(24,25)26/h2-8,20H,9-10H2,1H3,(H,21,22)(H,24,25,26). The van der Waals surface area contributed by atoms with Gasteiger partial charge in [0.1, 0.15) is 5.58 Å². The molecule has 0 saturated carbocycles. The van der Waals surface area contributed by atoms with E-state index in [1.165, 1.54) is 12.1 Å². The van der Waals surface area contributed by atoms with Gasteiger partial charge in [-0.2, -0.15) is 8.42 Å². The Labute approximate surface area is 160 Å². The molecule has 0 aliphatic rings. The fraction of sp³-hybridized carbons (Fsp3) is 0.158. The summed E-state index contributed by atoms with van der Waals surface area (Å²) in [5.74, 6) is -1.12. The molecule has 1 aromatic heterocycles. The molecule has 0 atom stereocenters. The van der Waals surface area contributed by atoms with Crippen LogP contribution in [0.15, 0.2) is 56.6 Å². The Morgan fingerprint density at radius 2 is 1.89 bits per heavy atom. The highest BCUT2D eigenvalue weighted by atomic mass is 32.2. The molecule has 2 aromatic carbocycles. The van der Waals surface area contributed by atoms with Crippen molar-refractivity contribution in [2.75, 3.05) is 5.32 Å². The first kappa shape index (κ1) is 19.6. The lowest BCUT2D eigenvalue weighted by Crippen LogP contribution is -2.15. The number of fused-ring (bicyclic) bond motifs is 1. The minimum atomic E-state index is -4.35. The largest absolute Gasteiger partial charge is 0.481 e. The Morgan fingerprint density at radius 1 is 1.18 bits per heavy atom. The highest BCUT2D eigenvalue weighted by Gasteiger charge is 2.16. The highest BCUT2D eigenvalue weighted by molar-refractivity contribution is 7.85. The molecule has 3 N–H and O–H groups in total. The summed E-state index contributed by atoms with van der Waals surface area (Å²) >= 11 is 0. The summed E-state index contributed by atoms with van der Waals surface area (Å²) in [4.78, 5) is 22.8. The van der Waals surface area contributed by atoms with E-state index >= 15 is 0 Å². The van der Waals surface area contributed by atoms with Crippen LogP contribution in [0.1, 0.15) is 16.7 Å². The lowest BCUT2D eigenvalue weighted by atomic mass is 10.0. The van der Waals surface area contributed by atoms with Gasteiger partial charge in [0.2, 0.25) is 0 Å². The quantitative estimate of drug-likeness (QED) is 0.422. The summed E-state index contributed by atoms with van der Waals surface area (Å²) in [5.41, 5.74) is 1.15. The SMILES string of the molecule is Cc1c(CC(=O)O)c(=O)oc2cc(NCc3ccccc3S(=O)(=O)O)ccc12. The van der Waals surface area contributed by atoms with Crippen molar-refractivity contribution in [3.8, 4) is 0 Å². The summed E-state index contributed by atoms with van der Waals surface area (Å²) in [6.07, 6.45) is -0.420. The third-order valence-corrected chi connectivity index (χ3v) is 5.30. The molecule has 0 saturated heterocycles. The maximum absolute atomic E-state index is 12.1. The predicted octanol–water partition coefficient (Wildman–Crippen LogP) is 2.59. The van der Waals surface area contributed by atoms with Crippen molar-refractivity contribution in [3.05, 3.63) is 69.6 Å². The van der Waals surface area contributed by atoms with Crippen LogP contribution in [0, 0.1) is 6.92 Å². The number of carbonyl (C=O) groups is 1. The molecule has 0 amide bonds. The topological polar surface area (TPSA) is 134 Å². The number of hydrogen-bond acceptors (Lipinski definition) is 6. The van der Waals surface area contributed by atoms with Gasteiger partial charge in [-0.3, -0.25) is 9.35 Å². The fourth-order valence-electron chi connectivity index (χ4n) is 2.96. The monoisotopic (exact) mass is 403 g/mol. The minimum absolute atomic E-state index is 0.0998. The molecule has 0 aliphatic heterocycles. The Hall–Kier alpha value is -3.17. The van der Waals surface area contributed by atoms with Gasteiger partial charge in [-0.1, -0.05) is 18.2 Å². The molecule has 28 heavy (non-hydrogen) atoms. The van der Waals surface area contributed by atoms with Gasteiger partial charge in [0.15, 0.2) is 0 Å². The molecule has 9 heteroatoms. The molecule has 0 radical (unpaired) electrons. The van der Waals surface area contributed by atoms with Crippen LogP contribution in [0.2, 0.25) is 0 Å². The van der Waals surface area contributed by atoms with Crippen LogP contribution in [0.5, 0.6) is 0 Å². The molecular weight excluding hydrogens is 386 g/mol. The highest BCUT2D eigenvalue weighted by Crippen LogP contribution is 2.24. The summed E-state index contributed by atoms with van der Waals surface area (Å²) in [6, 6.07) is 11.0. The normalized spacial score (nSPS) is 11.5. The first-order valence-corrected chi connectivity index (χ1v) is 9.68. The third kappa shape index (κ3) is 4.05. The zero-order chi connectivity index (χ0) is 20.5. The number of hydrogen-bond donors (Lipinski definition) is 3. The van der Waals surface area contributed by atoms with E-state index in [0.717, 1.165) is 0 Å². The van der Waals surface area contributed by atoms with Crippen LogP contribution in [-0.2, 0) is 27.9 Å². The molecule has 0 unspecified atom stereocenters. The van der Waals surface area contributed by atoms with Crippen molar-refractivity contribution in [1.82, 2.24) is 0 Å². The Morgan fingerprint density at radius 3 is 2.57 bits per heavy atom. The average Bonchev–Trinajstić information content (AvgIpc) is 2.62. The predicted molar refractivity (Wildman–Crippen MR) is 102 cm³/mol. The fourth-order valence-corrected chi connectivity index (χ4v) is 3.68. The van der Waals surface area contributed by atoms with E-state index in [9.17, 15) is 22.6 Å². The number of anilines is 1. The van der Waals surface area contributed by atoms with Crippen LogP contribution in [0.25, 0.3) is 11.0 Å². The lowest BCUT2D eigenvalue weighted by Gasteiger charge is -2.11. The van der Waals surface area contributed by atoms with Crippen molar-refractivity contribution in [2.24, 2.45) is 0 Å². The van der Waals surface area contributed by atoms with Crippen molar-refractivity contribution in [1.29, 1.82) is 0 Å². The van der Waals surface area contributed by atoms with E-state index < -0.39 is 28.1 Å². The van der Waals surface area contributed by atoms with Gasteiger partial charge in [-0.25, -0.2) is 4.79 Å². The zero-order valence-electron chi connectivity index (χ0n) is 14.8. The summed E-state index contributed by atoms with van der Waals surface area (Å²) in [6.45, 7) is 1.77. The second-order valence-corrected chi connectivity index (χ2v) is 7.60. The van der Waals surface area contributed by atoms with Gasteiger partial charge in [0.25, 0.3) is 10.1 Å². The van der Waals surface area contributed by atoms with Gasteiger partial charge in [-0.15, -0.1) is 0 Å². The Balaban J connectivity index is 1.92. The molecule has 8 nitrogen and oxygen atoms in total. The van der Waals surface area contributed by atoms with E-state index in [1.807, 2.05) is 0 Å². The smallest absolute Gasteiger partial charge is 0.340 e. The second-order valence-electron chi connectivity index (χ2n) is 6.21. The molecule has 0 bridgehead atoms. The van der Waals surface area contributed by atoms with Gasteiger partial charge >= 0.3 is 11.6 Å². The molecule has 146 valence electrons. The van der Waals surface area contributed by atoms with Gasteiger partial charge < -0.3 is 14.8 Å². The lowest BCUT2D eigenvalue weighted by molar-refractivity contribution is -0.136. The van der Waals surface area contributed by atoms with E-state index in [4.69, 9.17) is 9.52 Å². The van der Waals surface area contributed by atoms with Gasteiger partial charge in [-0.05, 0) is 36.2 Å². The Kier molecular flexibility index (Phi) is 5.21. The molecule has 1 heterocycles. The number of aliphatic carboxylic acids is 1. The maximum Gasteiger partial charge on any atom is 0.340 e. The molecule has 3 rings (SSSR count). The Bertz CT molecular complexity index is 1230. The number of aryl methyl sites for hydroxylation is 1. The number of carboxylic acids is 1. The van der Waals surface area contributed by atoms with Crippen molar-refractivity contribution < 1.29 is 27.3 Å². The van der Waals surface area contributed by atoms with E-state index in [1.54, 1.807) is 37.3 Å². The number of carboxylic acid groups (broad SMARTS) is 1. The second kappa shape index (κ2) is 7.45. The molecule has 3 aromatic rings. The summed E-state index contributed by atoms with van der Waals surface area (Å²) in [7, 11) is -4.35. The van der Waals surface area contributed by atoms with E-state index in [-0.39, 0.29) is 22.6 Å². The molecular formula is C19H17NO7S. The van der Waals surface area contributed by atoms with Crippen LogP contribution in [0.4, 0.5) is 5.69 Å². The summed E-state index contributed by atoms with van der Waals surface area (Å²) < 4.78 is 37.5. The van der Waals surface area contributed by atoms with Crippen molar-refractivity contribution >= 4 is 32.7 Å². The number of nitrogens with one attached hydrogen (secondary N) is 1. The van der Waals surface area contributed by atoms with Gasteiger partial charge in [0.05, 0.1) is 16.9 Å². The minimum Gasteiger partial charge on any atom is -0.481 e. The van der Waals surface area contributed by atoms with Crippen molar-refractivity contribution in [3.63, 3.8) is 0 Å². The van der Waals surface area contributed by atoms with Crippen LogP contribution < -0.4 is 10.9 Å². The van der Waals surface area contributed by atoms with Gasteiger partial charge in [0, 0.05) is 23.7 Å². The molecule has 0 aliphatic carbocycles. The number of rotatable bonds is 6. The van der Waals surface area contributed by atoms with E-state index in [0.29, 0.717) is 22.2 Å². The van der Waals surface area contributed by atoms with E-state index in [2.05, 4.69) is 5.32 Å². The van der Waals surface area contributed by atoms with Crippen LogP contribution >= 0.6 is 0 Å². The third-order valence-electron chi connectivity index (χ3n) is 4.35.